The number of carbonyl (C=O) groups excluding carboxylic acids is 2. The Balaban J connectivity index is 1.73. The summed E-state index contributed by atoms with van der Waals surface area (Å²) >= 11 is 0. The van der Waals surface area contributed by atoms with Gasteiger partial charge in [-0.3, -0.25) is 14.5 Å². The lowest BCUT2D eigenvalue weighted by molar-refractivity contribution is -0.132. The third-order valence-corrected chi connectivity index (χ3v) is 5.82. The minimum Gasteiger partial charge on any atom is -0.507 e. The van der Waals surface area contributed by atoms with E-state index in [9.17, 15) is 14.7 Å². The monoisotopic (exact) mass is 427 g/mol. The number of aryl methyl sites for hydroxylation is 2. The van der Waals surface area contributed by atoms with Crippen molar-refractivity contribution in [2.24, 2.45) is 0 Å². The van der Waals surface area contributed by atoms with Gasteiger partial charge in [0.05, 0.1) is 11.6 Å². The fraction of sp³-hybridized carbons (Fsp3) is 0.154. The van der Waals surface area contributed by atoms with E-state index < -0.39 is 17.7 Å². The molecule has 2 heterocycles. The fourth-order valence-electron chi connectivity index (χ4n) is 4.27. The maximum absolute atomic E-state index is 13.3. The number of fused-ring (bicyclic) bond motifs is 1. The molecule has 5 rings (SSSR count). The van der Waals surface area contributed by atoms with Crippen LogP contribution in [0.15, 0.2) is 72.3 Å². The molecule has 1 unspecified atom stereocenters. The van der Waals surface area contributed by atoms with Gasteiger partial charge in [0.15, 0.2) is 11.5 Å². The first kappa shape index (κ1) is 19.9. The molecular formula is C26H21NO5. The predicted molar refractivity (Wildman–Crippen MR) is 120 cm³/mol. The van der Waals surface area contributed by atoms with Gasteiger partial charge in [0.1, 0.15) is 5.76 Å². The van der Waals surface area contributed by atoms with Crippen LogP contribution in [-0.4, -0.2) is 23.6 Å². The van der Waals surface area contributed by atoms with Crippen molar-refractivity contribution in [3.8, 4) is 11.5 Å². The molecular weight excluding hydrogens is 406 g/mol. The molecule has 1 fully saturated rings. The van der Waals surface area contributed by atoms with Gasteiger partial charge in [-0.05, 0) is 49.2 Å². The second-order valence-electron chi connectivity index (χ2n) is 7.94. The molecule has 6 heteroatoms. The standard InChI is InChI=1S/C26H21NO5/c1-15-6-5-8-17(12-15)23-22(24(28)18-10-11-20-21(13-18)32-14-31-20)25(29)26(30)27(23)19-9-4-3-7-16(19)2/h3-13,23,28H,14H2,1-2H3/b24-22-. The Morgan fingerprint density at radius 1 is 0.938 bits per heavy atom. The van der Waals surface area contributed by atoms with Gasteiger partial charge in [-0.15, -0.1) is 0 Å². The molecule has 1 amide bonds. The summed E-state index contributed by atoms with van der Waals surface area (Å²) in [4.78, 5) is 28.0. The lowest BCUT2D eigenvalue weighted by Crippen LogP contribution is -2.30. The third kappa shape index (κ3) is 3.12. The Kier molecular flexibility index (Phi) is 4.70. The summed E-state index contributed by atoms with van der Waals surface area (Å²) in [5.41, 5.74) is 3.65. The summed E-state index contributed by atoms with van der Waals surface area (Å²) in [5, 5.41) is 11.3. The van der Waals surface area contributed by atoms with E-state index in [0.717, 1.165) is 16.7 Å². The van der Waals surface area contributed by atoms with E-state index in [1.165, 1.54) is 4.90 Å². The first-order valence-electron chi connectivity index (χ1n) is 10.3. The van der Waals surface area contributed by atoms with Gasteiger partial charge in [-0.25, -0.2) is 0 Å². The number of nitrogens with zero attached hydrogens (tertiary/aromatic N) is 1. The number of carbonyl (C=O) groups is 2. The zero-order valence-electron chi connectivity index (χ0n) is 17.7. The van der Waals surface area contributed by atoms with Crippen LogP contribution in [0.2, 0.25) is 0 Å². The second-order valence-corrected chi connectivity index (χ2v) is 7.94. The van der Waals surface area contributed by atoms with E-state index in [1.807, 2.05) is 62.4 Å². The predicted octanol–water partition coefficient (Wildman–Crippen LogP) is 4.66. The van der Waals surface area contributed by atoms with Crippen LogP contribution in [0.25, 0.3) is 5.76 Å². The quantitative estimate of drug-likeness (QED) is 0.374. The average molecular weight is 427 g/mol. The minimum absolute atomic E-state index is 0.0442. The van der Waals surface area contributed by atoms with Crippen molar-refractivity contribution in [2.45, 2.75) is 19.9 Å². The third-order valence-electron chi connectivity index (χ3n) is 5.82. The number of para-hydroxylation sites is 1. The summed E-state index contributed by atoms with van der Waals surface area (Å²) < 4.78 is 10.8. The Morgan fingerprint density at radius 3 is 2.50 bits per heavy atom. The average Bonchev–Trinajstić information content (AvgIpc) is 3.36. The number of benzene rings is 3. The number of aliphatic hydroxyl groups excluding tert-OH is 1. The highest BCUT2D eigenvalue weighted by Gasteiger charge is 2.47. The Morgan fingerprint density at radius 2 is 1.72 bits per heavy atom. The molecule has 1 atom stereocenters. The first-order chi connectivity index (χ1) is 15.5. The van der Waals surface area contributed by atoms with Gasteiger partial charge >= 0.3 is 0 Å². The second kappa shape index (κ2) is 7.57. The van der Waals surface area contributed by atoms with Crippen LogP contribution in [-0.2, 0) is 9.59 Å². The molecule has 160 valence electrons. The highest BCUT2D eigenvalue weighted by Crippen LogP contribution is 2.44. The smallest absolute Gasteiger partial charge is 0.300 e. The maximum Gasteiger partial charge on any atom is 0.300 e. The SMILES string of the molecule is Cc1cccc(C2/C(=C(/O)c3ccc4c(c3)OCO4)C(=O)C(=O)N2c2ccccc2C)c1. The molecule has 3 aromatic carbocycles. The molecule has 0 aromatic heterocycles. The molecule has 0 spiro atoms. The van der Waals surface area contributed by atoms with Crippen LogP contribution in [0.4, 0.5) is 5.69 Å². The van der Waals surface area contributed by atoms with E-state index >= 15 is 0 Å². The molecule has 2 aliphatic heterocycles. The van der Waals surface area contributed by atoms with E-state index in [2.05, 4.69) is 0 Å². The number of hydrogen-bond donors (Lipinski definition) is 1. The minimum atomic E-state index is -0.763. The van der Waals surface area contributed by atoms with Crippen LogP contribution in [0.3, 0.4) is 0 Å². The molecule has 1 N–H and O–H groups in total. The number of aliphatic hydroxyl groups is 1. The summed E-state index contributed by atoms with van der Waals surface area (Å²) in [5.74, 6) is -0.598. The van der Waals surface area contributed by atoms with Crippen LogP contribution in [0.1, 0.15) is 28.3 Å². The molecule has 6 nitrogen and oxygen atoms in total. The molecule has 1 saturated heterocycles. The number of ketones is 1. The van der Waals surface area contributed by atoms with E-state index in [0.29, 0.717) is 22.7 Å². The van der Waals surface area contributed by atoms with Gasteiger partial charge < -0.3 is 14.6 Å². The summed E-state index contributed by atoms with van der Waals surface area (Å²) in [7, 11) is 0. The van der Waals surface area contributed by atoms with Crippen molar-refractivity contribution >= 4 is 23.1 Å². The number of anilines is 1. The normalized spacial score (nSPS) is 18.9. The fourth-order valence-corrected chi connectivity index (χ4v) is 4.27. The molecule has 0 bridgehead atoms. The van der Waals surface area contributed by atoms with E-state index in [-0.39, 0.29) is 18.1 Å². The van der Waals surface area contributed by atoms with Crippen molar-refractivity contribution < 1.29 is 24.2 Å². The van der Waals surface area contributed by atoms with Crippen molar-refractivity contribution in [1.29, 1.82) is 0 Å². The summed E-state index contributed by atoms with van der Waals surface area (Å²) in [6.45, 7) is 3.93. The van der Waals surface area contributed by atoms with Gasteiger partial charge in [0.2, 0.25) is 6.79 Å². The molecule has 0 aliphatic carbocycles. The molecule has 3 aromatic rings. The number of ether oxygens (including phenoxy) is 2. The number of rotatable bonds is 3. The maximum atomic E-state index is 13.3. The highest BCUT2D eigenvalue weighted by molar-refractivity contribution is 6.51. The summed E-state index contributed by atoms with van der Waals surface area (Å²) in [6, 6.07) is 19.2. The Bertz CT molecular complexity index is 1290. The Labute approximate surface area is 185 Å². The zero-order chi connectivity index (χ0) is 22.4. The van der Waals surface area contributed by atoms with Crippen LogP contribution in [0.5, 0.6) is 11.5 Å². The van der Waals surface area contributed by atoms with Crippen molar-refractivity contribution in [1.82, 2.24) is 0 Å². The molecule has 32 heavy (non-hydrogen) atoms. The summed E-state index contributed by atoms with van der Waals surface area (Å²) in [6.07, 6.45) is 0. The van der Waals surface area contributed by atoms with Gasteiger partial charge in [-0.1, -0.05) is 48.0 Å². The largest absolute Gasteiger partial charge is 0.507 e. The lowest BCUT2D eigenvalue weighted by Gasteiger charge is -2.27. The zero-order valence-corrected chi connectivity index (χ0v) is 17.7. The van der Waals surface area contributed by atoms with Crippen molar-refractivity contribution in [2.75, 3.05) is 11.7 Å². The topological polar surface area (TPSA) is 76.1 Å². The highest BCUT2D eigenvalue weighted by atomic mass is 16.7. The van der Waals surface area contributed by atoms with E-state index in [1.54, 1.807) is 18.2 Å². The lowest BCUT2D eigenvalue weighted by atomic mass is 9.94. The first-order valence-corrected chi connectivity index (χ1v) is 10.3. The molecule has 2 aliphatic rings. The number of amides is 1. The van der Waals surface area contributed by atoms with Gasteiger partial charge in [0.25, 0.3) is 11.7 Å². The van der Waals surface area contributed by atoms with Crippen LogP contribution < -0.4 is 14.4 Å². The van der Waals surface area contributed by atoms with Crippen molar-refractivity contribution in [3.05, 3.63) is 94.6 Å². The van der Waals surface area contributed by atoms with Gasteiger partial charge in [-0.2, -0.15) is 0 Å². The van der Waals surface area contributed by atoms with Crippen LogP contribution >= 0.6 is 0 Å². The van der Waals surface area contributed by atoms with Gasteiger partial charge in [0, 0.05) is 11.3 Å². The molecule has 0 radical (unpaired) electrons. The number of Topliss-reactive ketones (excluding diaryl/α,β-unsaturated/α-hetero) is 1. The molecule has 0 saturated carbocycles. The number of hydrogen-bond acceptors (Lipinski definition) is 5. The van der Waals surface area contributed by atoms with Crippen molar-refractivity contribution in [3.63, 3.8) is 0 Å². The van der Waals surface area contributed by atoms with E-state index in [4.69, 9.17) is 9.47 Å². The Hall–Kier alpha value is -4.06. The van der Waals surface area contributed by atoms with Crippen LogP contribution in [0, 0.1) is 13.8 Å².